The Morgan fingerprint density at radius 3 is 2.44 bits per heavy atom. The molecule has 0 heterocycles. The van der Waals surface area contributed by atoms with Crippen LogP contribution in [-0.2, 0) is 11.2 Å². The first-order valence-corrected chi connectivity index (χ1v) is 6.10. The van der Waals surface area contributed by atoms with E-state index in [4.69, 9.17) is 11.6 Å². The van der Waals surface area contributed by atoms with Crippen LogP contribution in [0.4, 0.5) is 0 Å². The van der Waals surface area contributed by atoms with Gasteiger partial charge in [-0.15, -0.1) is 11.6 Å². The molecule has 0 unspecified atom stereocenters. The highest BCUT2D eigenvalue weighted by atomic mass is 35.5. The minimum atomic E-state index is 0.145. The predicted octanol–water partition coefficient (Wildman–Crippen LogP) is 2.62. The number of benzene rings is 1. The second kappa shape index (κ2) is 6.54. The number of aryl methyl sites for hydroxylation is 1. The number of rotatable bonds is 5. The maximum atomic E-state index is 11.9. The Balaban J connectivity index is 2.59. The summed E-state index contributed by atoms with van der Waals surface area (Å²) in [4.78, 5) is 13.7. The Morgan fingerprint density at radius 1 is 1.31 bits per heavy atom. The van der Waals surface area contributed by atoms with E-state index < -0.39 is 0 Å². The summed E-state index contributed by atoms with van der Waals surface area (Å²) in [6, 6.07) is 8.06. The molecule has 0 aliphatic carbocycles. The second-order valence-corrected chi connectivity index (χ2v) is 4.20. The third-order valence-electron chi connectivity index (χ3n) is 2.56. The van der Waals surface area contributed by atoms with Crippen molar-refractivity contribution in [2.45, 2.75) is 20.3 Å². The van der Waals surface area contributed by atoms with Gasteiger partial charge in [-0.3, -0.25) is 4.79 Å². The van der Waals surface area contributed by atoms with Gasteiger partial charge >= 0.3 is 0 Å². The van der Waals surface area contributed by atoms with Crippen LogP contribution in [0, 0.1) is 6.92 Å². The fourth-order valence-electron chi connectivity index (χ4n) is 1.55. The summed E-state index contributed by atoms with van der Waals surface area (Å²) >= 11 is 5.65. The molecular formula is C13H18ClNO. The molecule has 0 saturated carbocycles. The normalized spacial score (nSPS) is 10.2. The lowest BCUT2D eigenvalue weighted by atomic mass is 10.1. The molecule has 0 atom stereocenters. The third-order valence-corrected chi connectivity index (χ3v) is 2.73. The zero-order valence-electron chi connectivity index (χ0n) is 9.87. The molecule has 0 fully saturated rings. The monoisotopic (exact) mass is 239 g/mol. The van der Waals surface area contributed by atoms with Crippen molar-refractivity contribution in [1.82, 2.24) is 4.90 Å². The van der Waals surface area contributed by atoms with Crippen LogP contribution in [0.25, 0.3) is 0 Å². The number of halogens is 1. The molecule has 0 spiro atoms. The van der Waals surface area contributed by atoms with Gasteiger partial charge in [0.25, 0.3) is 0 Å². The van der Waals surface area contributed by atoms with Crippen LogP contribution < -0.4 is 0 Å². The number of alkyl halides is 1. The Kier molecular flexibility index (Phi) is 5.33. The molecule has 0 bridgehead atoms. The minimum Gasteiger partial charge on any atom is -0.341 e. The average molecular weight is 240 g/mol. The summed E-state index contributed by atoms with van der Waals surface area (Å²) in [5.74, 6) is 0.639. The van der Waals surface area contributed by atoms with Crippen molar-refractivity contribution >= 4 is 17.5 Å². The van der Waals surface area contributed by atoms with E-state index in [0.29, 0.717) is 18.8 Å². The largest absolute Gasteiger partial charge is 0.341 e. The number of amides is 1. The van der Waals surface area contributed by atoms with Gasteiger partial charge < -0.3 is 4.90 Å². The van der Waals surface area contributed by atoms with Crippen LogP contribution in [0.1, 0.15) is 18.1 Å². The highest BCUT2D eigenvalue weighted by Crippen LogP contribution is 2.06. The minimum absolute atomic E-state index is 0.145. The van der Waals surface area contributed by atoms with Gasteiger partial charge in [0.15, 0.2) is 0 Å². The topological polar surface area (TPSA) is 20.3 Å². The van der Waals surface area contributed by atoms with E-state index in [0.717, 1.165) is 12.1 Å². The van der Waals surface area contributed by atoms with E-state index in [-0.39, 0.29) is 5.91 Å². The molecule has 1 rings (SSSR count). The van der Waals surface area contributed by atoms with E-state index in [1.165, 1.54) is 5.56 Å². The van der Waals surface area contributed by atoms with Crippen molar-refractivity contribution in [3.8, 4) is 0 Å². The lowest BCUT2D eigenvalue weighted by molar-refractivity contribution is -0.130. The van der Waals surface area contributed by atoms with E-state index in [2.05, 4.69) is 0 Å². The van der Waals surface area contributed by atoms with Crippen LogP contribution in [0.2, 0.25) is 0 Å². The van der Waals surface area contributed by atoms with Gasteiger partial charge in [0.2, 0.25) is 5.91 Å². The highest BCUT2D eigenvalue weighted by molar-refractivity contribution is 6.18. The molecular weight excluding hydrogens is 222 g/mol. The quantitative estimate of drug-likeness (QED) is 0.724. The van der Waals surface area contributed by atoms with Gasteiger partial charge in [-0.25, -0.2) is 0 Å². The van der Waals surface area contributed by atoms with Crippen molar-refractivity contribution in [1.29, 1.82) is 0 Å². The van der Waals surface area contributed by atoms with Crippen LogP contribution >= 0.6 is 11.6 Å². The first kappa shape index (κ1) is 13.0. The van der Waals surface area contributed by atoms with Crippen LogP contribution in [0.15, 0.2) is 24.3 Å². The lowest BCUT2D eigenvalue weighted by Crippen LogP contribution is -2.33. The Bertz CT molecular complexity index is 334. The van der Waals surface area contributed by atoms with Crippen LogP contribution in [-0.4, -0.2) is 29.8 Å². The molecule has 3 heteroatoms. The highest BCUT2D eigenvalue weighted by Gasteiger charge is 2.11. The summed E-state index contributed by atoms with van der Waals surface area (Å²) < 4.78 is 0. The summed E-state index contributed by atoms with van der Waals surface area (Å²) in [6.45, 7) is 5.36. The molecule has 0 aliphatic heterocycles. The summed E-state index contributed by atoms with van der Waals surface area (Å²) in [7, 11) is 0. The van der Waals surface area contributed by atoms with E-state index in [1.807, 2.05) is 38.1 Å². The molecule has 0 N–H and O–H groups in total. The van der Waals surface area contributed by atoms with Gasteiger partial charge in [-0.2, -0.15) is 0 Å². The van der Waals surface area contributed by atoms with Gasteiger partial charge in [0.05, 0.1) is 6.42 Å². The van der Waals surface area contributed by atoms with Gasteiger partial charge in [0, 0.05) is 19.0 Å². The molecule has 0 saturated heterocycles. The molecule has 1 amide bonds. The van der Waals surface area contributed by atoms with Crippen molar-refractivity contribution in [3.05, 3.63) is 35.4 Å². The van der Waals surface area contributed by atoms with Gasteiger partial charge in [-0.1, -0.05) is 29.8 Å². The zero-order valence-corrected chi connectivity index (χ0v) is 10.6. The number of carbonyl (C=O) groups is 1. The molecule has 88 valence electrons. The van der Waals surface area contributed by atoms with Gasteiger partial charge in [-0.05, 0) is 19.4 Å². The number of hydrogen-bond donors (Lipinski definition) is 0. The number of carbonyl (C=O) groups excluding carboxylic acids is 1. The smallest absolute Gasteiger partial charge is 0.227 e. The van der Waals surface area contributed by atoms with Crippen LogP contribution in [0.3, 0.4) is 0 Å². The van der Waals surface area contributed by atoms with Crippen molar-refractivity contribution < 1.29 is 4.79 Å². The second-order valence-electron chi connectivity index (χ2n) is 3.82. The molecule has 1 aromatic rings. The molecule has 0 aromatic heterocycles. The number of nitrogens with zero attached hydrogens (tertiary/aromatic N) is 1. The zero-order chi connectivity index (χ0) is 12.0. The standard InChI is InChI=1S/C13H18ClNO/c1-3-15(9-8-14)13(16)10-12-6-4-11(2)5-7-12/h4-7H,3,8-10H2,1-2H3. The van der Waals surface area contributed by atoms with Crippen LogP contribution in [0.5, 0.6) is 0 Å². The number of likely N-dealkylation sites (N-methyl/N-ethyl adjacent to an activating group) is 1. The Labute approximate surface area is 102 Å². The summed E-state index contributed by atoms with van der Waals surface area (Å²) in [6.07, 6.45) is 0.463. The van der Waals surface area contributed by atoms with E-state index in [9.17, 15) is 4.79 Å². The maximum absolute atomic E-state index is 11.9. The first-order valence-electron chi connectivity index (χ1n) is 5.56. The maximum Gasteiger partial charge on any atom is 0.227 e. The summed E-state index contributed by atoms with van der Waals surface area (Å²) in [5.41, 5.74) is 2.27. The third kappa shape index (κ3) is 3.86. The SMILES string of the molecule is CCN(CCCl)C(=O)Cc1ccc(C)cc1. The van der Waals surface area contributed by atoms with E-state index >= 15 is 0 Å². The molecule has 0 radical (unpaired) electrons. The fraction of sp³-hybridized carbons (Fsp3) is 0.462. The molecule has 2 nitrogen and oxygen atoms in total. The molecule has 0 aliphatic rings. The van der Waals surface area contributed by atoms with Crippen molar-refractivity contribution in [3.63, 3.8) is 0 Å². The predicted molar refractivity (Wildman–Crippen MR) is 67.9 cm³/mol. The lowest BCUT2D eigenvalue weighted by Gasteiger charge is -2.19. The molecule has 16 heavy (non-hydrogen) atoms. The average Bonchev–Trinajstić information content (AvgIpc) is 2.29. The van der Waals surface area contributed by atoms with Crippen molar-refractivity contribution in [2.75, 3.05) is 19.0 Å². The Morgan fingerprint density at radius 2 is 1.94 bits per heavy atom. The van der Waals surface area contributed by atoms with Crippen molar-refractivity contribution in [2.24, 2.45) is 0 Å². The Hall–Kier alpha value is -1.02. The number of hydrogen-bond acceptors (Lipinski definition) is 1. The van der Waals surface area contributed by atoms with Gasteiger partial charge in [0.1, 0.15) is 0 Å². The fourth-order valence-corrected chi connectivity index (χ4v) is 1.76. The molecule has 1 aromatic carbocycles. The van der Waals surface area contributed by atoms with E-state index in [1.54, 1.807) is 4.90 Å². The summed E-state index contributed by atoms with van der Waals surface area (Å²) in [5, 5.41) is 0. The first-order chi connectivity index (χ1) is 7.67.